The van der Waals surface area contributed by atoms with E-state index in [9.17, 15) is 9.90 Å². The van der Waals surface area contributed by atoms with Gasteiger partial charge >= 0.3 is 0 Å². The molecule has 0 radical (unpaired) electrons. The molecule has 4 rings (SSSR count). The molecule has 2 fully saturated rings. The van der Waals surface area contributed by atoms with Crippen LogP contribution < -0.4 is 5.56 Å². The zero-order valence-electron chi connectivity index (χ0n) is 14.1. The first-order valence-electron chi connectivity index (χ1n) is 9.11. The van der Waals surface area contributed by atoms with Gasteiger partial charge in [-0.2, -0.15) is 0 Å². The minimum absolute atomic E-state index is 0.0306. The number of aliphatic hydroxyl groups excluding tert-OH is 1. The van der Waals surface area contributed by atoms with Crippen LogP contribution in [0.1, 0.15) is 24.1 Å². The molecule has 2 saturated heterocycles. The number of hydrogen-bond acceptors (Lipinski definition) is 5. The van der Waals surface area contributed by atoms with Crippen LogP contribution >= 0.6 is 0 Å². The van der Waals surface area contributed by atoms with Crippen molar-refractivity contribution < 1.29 is 9.84 Å². The number of likely N-dealkylation sites (tertiary alicyclic amines) is 1. The van der Waals surface area contributed by atoms with Crippen LogP contribution in [0.15, 0.2) is 23.0 Å². The highest BCUT2D eigenvalue weighted by molar-refractivity contribution is 5.19. The molecule has 3 aliphatic rings. The number of aromatic nitrogens is 1. The van der Waals surface area contributed by atoms with Gasteiger partial charge in [-0.05, 0) is 18.4 Å². The van der Waals surface area contributed by atoms with Gasteiger partial charge in [0.25, 0.3) is 5.56 Å². The highest BCUT2D eigenvalue weighted by Crippen LogP contribution is 2.40. The van der Waals surface area contributed by atoms with Crippen molar-refractivity contribution in [1.29, 1.82) is 0 Å². The first kappa shape index (κ1) is 16.3. The molecule has 0 spiro atoms. The molecule has 0 unspecified atom stereocenters. The van der Waals surface area contributed by atoms with Crippen molar-refractivity contribution in [3.63, 3.8) is 0 Å². The van der Waals surface area contributed by atoms with E-state index in [0.29, 0.717) is 11.8 Å². The van der Waals surface area contributed by atoms with Crippen molar-refractivity contribution in [2.45, 2.75) is 18.4 Å². The minimum atomic E-state index is -0.0730. The SMILES string of the molecule is O=c1cccc2n1[C@@H](CO)[C@H]1C[C@@H]2CN(CCN2CCOCC2)C1. The lowest BCUT2D eigenvalue weighted by Gasteiger charge is -2.47. The second-order valence-corrected chi connectivity index (χ2v) is 7.32. The number of fused-ring (bicyclic) bond motifs is 4. The van der Waals surface area contributed by atoms with Gasteiger partial charge < -0.3 is 19.3 Å². The van der Waals surface area contributed by atoms with Gasteiger partial charge in [0.1, 0.15) is 0 Å². The third-order valence-corrected chi connectivity index (χ3v) is 5.90. The van der Waals surface area contributed by atoms with E-state index in [1.807, 2.05) is 10.6 Å². The summed E-state index contributed by atoms with van der Waals surface area (Å²) in [6.45, 7) is 7.91. The van der Waals surface area contributed by atoms with Gasteiger partial charge in [-0.25, -0.2) is 0 Å². The fourth-order valence-corrected chi connectivity index (χ4v) is 4.66. The molecule has 2 bridgehead atoms. The Labute approximate surface area is 142 Å². The van der Waals surface area contributed by atoms with E-state index in [-0.39, 0.29) is 18.2 Å². The lowest BCUT2D eigenvalue weighted by Crippen LogP contribution is -2.52. The van der Waals surface area contributed by atoms with Crippen LogP contribution in [-0.2, 0) is 4.74 Å². The maximum atomic E-state index is 12.3. The van der Waals surface area contributed by atoms with Crippen molar-refractivity contribution >= 4 is 0 Å². The van der Waals surface area contributed by atoms with E-state index in [1.54, 1.807) is 6.07 Å². The summed E-state index contributed by atoms with van der Waals surface area (Å²) >= 11 is 0. The van der Waals surface area contributed by atoms with Gasteiger partial charge in [0, 0.05) is 56.9 Å². The number of hydrogen-bond donors (Lipinski definition) is 1. The van der Waals surface area contributed by atoms with Gasteiger partial charge in [0.05, 0.1) is 25.9 Å². The largest absolute Gasteiger partial charge is 0.394 e. The number of ether oxygens (including phenoxy) is 1. The molecule has 132 valence electrons. The first-order valence-corrected chi connectivity index (χ1v) is 9.11. The first-order chi connectivity index (χ1) is 11.8. The highest BCUT2D eigenvalue weighted by atomic mass is 16.5. The van der Waals surface area contributed by atoms with Gasteiger partial charge in [-0.3, -0.25) is 9.69 Å². The predicted octanol–water partition coefficient (Wildman–Crippen LogP) is 0.133. The molecular formula is C18H27N3O3. The zero-order chi connectivity index (χ0) is 16.5. The average Bonchev–Trinajstić information content (AvgIpc) is 2.62. The van der Waals surface area contributed by atoms with Crippen LogP contribution in [-0.4, -0.2) is 78.6 Å². The number of piperidine rings is 1. The lowest BCUT2D eigenvalue weighted by atomic mass is 9.78. The quantitative estimate of drug-likeness (QED) is 0.849. The lowest BCUT2D eigenvalue weighted by molar-refractivity contribution is 0.0222. The van der Waals surface area contributed by atoms with Crippen molar-refractivity contribution in [2.75, 3.05) is 59.1 Å². The van der Waals surface area contributed by atoms with Crippen LogP contribution in [0.4, 0.5) is 0 Å². The maximum absolute atomic E-state index is 12.3. The number of nitrogens with zero attached hydrogens (tertiary/aromatic N) is 3. The summed E-state index contributed by atoms with van der Waals surface area (Å²) in [5, 5.41) is 9.89. The Morgan fingerprint density at radius 2 is 1.92 bits per heavy atom. The third-order valence-electron chi connectivity index (χ3n) is 5.90. The molecular weight excluding hydrogens is 306 g/mol. The standard InChI is InChI=1S/C18H27N3O3/c22-13-17-15-10-14(16-2-1-3-18(23)21(16)17)11-20(12-15)5-4-19-6-8-24-9-7-19/h1-3,14-15,17,22H,4-13H2/t14-,15+,17+/m1/s1. The highest BCUT2D eigenvalue weighted by Gasteiger charge is 2.40. The number of morpholine rings is 1. The molecule has 4 heterocycles. The zero-order valence-corrected chi connectivity index (χ0v) is 14.1. The summed E-state index contributed by atoms with van der Waals surface area (Å²) < 4.78 is 7.27. The maximum Gasteiger partial charge on any atom is 0.251 e. The van der Waals surface area contributed by atoms with E-state index in [2.05, 4.69) is 15.9 Å². The predicted molar refractivity (Wildman–Crippen MR) is 91.4 cm³/mol. The van der Waals surface area contributed by atoms with Crippen LogP contribution in [0.25, 0.3) is 0 Å². The number of pyridine rings is 1. The number of rotatable bonds is 4. The van der Waals surface area contributed by atoms with Crippen LogP contribution in [0, 0.1) is 5.92 Å². The van der Waals surface area contributed by atoms with Crippen LogP contribution in [0.5, 0.6) is 0 Å². The van der Waals surface area contributed by atoms with E-state index in [0.717, 1.165) is 64.6 Å². The van der Waals surface area contributed by atoms with Gasteiger partial charge in [0.15, 0.2) is 0 Å². The summed E-state index contributed by atoms with van der Waals surface area (Å²) in [6, 6.07) is 5.46. The molecule has 3 aliphatic heterocycles. The molecule has 24 heavy (non-hydrogen) atoms. The Kier molecular flexibility index (Phi) is 4.72. The summed E-state index contributed by atoms with van der Waals surface area (Å²) in [5.74, 6) is 0.774. The Balaban J connectivity index is 1.48. The molecule has 1 aromatic rings. The van der Waals surface area contributed by atoms with Gasteiger partial charge in [-0.1, -0.05) is 6.07 Å². The summed E-state index contributed by atoms with van der Waals surface area (Å²) in [6.07, 6.45) is 1.09. The smallest absolute Gasteiger partial charge is 0.251 e. The molecule has 0 amide bonds. The van der Waals surface area contributed by atoms with E-state index < -0.39 is 0 Å². The minimum Gasteiger partial charge on any atom is -0.394 e. The molecule has 3 atom stereocenters. The number of aliphatic hydroxyl groups is 1. The molecule has 0 aromatic carbocycles. The Hall–Kier alpha value is -1.21. The molecule has 6 nitrogen and oxygen atoms in total. The normalized spacial score (nSPS) is 31.0. The van der Waals surface area contributed by atoms with Gasteiger partial charge in [-0.15, -0.1) is 0 Å². The Morgan fingerprint density at radius 1 is 1.12 bits per heavy atom. The molecule has 0 saturated carbocycles. The molecule has 1 N–H and O–H groups in total. The van der Waals surface area contributed by atoms with Crippen LogP contribution in [0.3, 0.4) is 0 Å². The van der Waals surface area contributed by atoms with Crippen molar-refractivity contribution in [3.05, 3.63) is 34.2 Å². The van der Waals surface area contributed by atoms with Crippen LogP contribution in [0.2, 0.25) is 0 Å². The van der Waals surface area contributed by atoms with Crippen molar-refractivity contribution in [2.24, 2.45) is 5.92 Å². The molecule has 0 aliphatic carbocycles. The molecule has 6 heteroatoms. The topological polar surface area (TPSA) is 57.9 Å². The second kappa shape index (κ2) is 6.96. The fraction of sp³-hybridized carbons (Fsp3) is 0.722. The summed E-state index contributed by atoms with van der Waals surface area (Å²) in [5.41, 5.74) is 1.14. The van der Waals surface area contributed by atoms with E-state index >= 15 is 0 Å². The monoisotopic (exact) mass is 333 g/mol. The summed E-state index contributed by atoms with van der Waals surface area (Å²) in [7, 11) is 0. The second-order valence-electron chi connectivity index (χ2n) is 7.32. The van der Waals surface area contributed by atoms with E-state index in [4.69, 9.17) is 4.74 Å². The Bertz CT molecular complexity index is 626. The molecule has 1 aromatic heterocycles. The fourth-order valence-electron chi connectivity index (χ4n) is 4.66. The third kappa shape index (κ3) is 3.04. The Morgan fingerprint density at radius 3 is 2.71 bits per heavy atom. The summed E-state index contributed by atoms with van der Waals surface area (Å²) in [4.78, 5) is 17.3. The van der Waals surface area contributed by atoms with Gasteiger partial charge in [0.2, 0.25) is 0 Å². The van der Waals surface area contributed by atoms with E-state index in [1.165, 1.54) is 0 Å². The van der Waals surface area contributed by atoms with Crippen molar-refractivity contribution in [3.8, 4) is 0 Å². The van der Waals surface area contributed by atoms with Crippen molar-refractivity contribution in [1.82, 2.24) is 14.4 Å². The average molecular weight is 333 g/mol.